The average molecular weight is 224 g/mol. The Kier molecular flexibility index (Phi) is 3.91. The van der Waals surface area contributed by atoms with Crippen LogP contribution in [0.2, 0.25) is 0 Å². The second kappa shape index (κ2) is 5.05. The molecule has 2 heteroatoms. The number of rotatable bonds is 2. The van der Waals surface area contributed by atoms with Gasteiger partial charge in [-0.15, -0.1) is 0 Å². The van der Waals surface area contributed by atoms with Crippen LogP contribution in [0.3, 0.4) is 0 Å². The topological polar surface area (TPSA) is 15.3 Å². The van der Waals surface area contributed by atoms with Gasteiger partial charge in [-0.25, -0.2) is 0 Å². The molecule has 2 rings (SSSR count). The maximum Gasteiger partial charge on any atom is 0.00673 e. The van der Waals surface area contributed by atoms with E-state index in [4.69, 9.17) is 0 Å². The second-order valence-electron chi connectivity index (χ2n) is 6.52. The molecule has 1 N–H and O–H groups in total. The van der Waals surface area contributed by atoms with E-state index in [0.29, 0.717) is 5.41 Å². The number of hydrogen-bond donors (Lipinski definition) is 1. The molecule has 0 bridgehead atoms. The van der Waals surface area contributed by atoms with Crippen LogP contribution in [0.5, 0.6) is 0 Å². The van der Waals surface area contributed by atoms with Crippen molar-refractivity contribution in [3.05, 3.63) is 0 Å². The second-order valence-corrected chi connectivity index (χ2v) is 6.52. The molecular formula is C14H28N2. The minimum Gasteiger partial charge on any atom is -0.317 e. The van der Waals surface area contributed by atoms with Gasteiger partial charge in [0.05, 0.1) is 0 Å². The smallest absolute Gasteiger partial charge is 0.00673 e. The summed E-state index contributed by atoms with van der Waals surface area (Å²) >= 11 is 0. The molecule has 0 aromatic rings. The van der Waals surface area contributed by atoms with Crippen molar-refractivity contribution in [2.75, 3.05) is 26.2 Å². The lowest BCUT2D eigenvalue weighted by Crippen LogP contribution is -2.49. The SMILES string of the molecule is CC1CCC(C)N(CC2(C)CCNCC2)C1. The first-order valence-corrected chi connectivity index (χ1v) is 7.04. The zero-order chi connectivity index (χ0) is 11.6. The summed E-state index contributed by atoms with van der Waals surface area (Å²) in [6, 6.07) is 0.808. The van der Waals surface area contributed by atoms with E-state index in [2.05, 4.69) is 31.0 Å². The summed E-state index contributed by atoms with van der Waals surface area (Å²) in [7, 11) is 0. The Balaban J connectivity index is 1.91. The summed E-state index contributed by atoms with van der Waals surface area (Å²) in [5.41, 5.74) is 0.566. The molecule has 2 aliphatic rings. The quantitative estimate of drug-likeness (QED) is 0.775. The zero-order valence-corrected chi connectivity index (χ0v) is 11.3. The highest BCUT2D eigenvalue weighted by molar-refractivity contribution is 4.87. The number of nitrogens with zero attached hydrogens (tertiary/aromatic N) is 1. The standard InChI is InChI=1S/C14H28N2/c1-12-4-5-13(2)16(10-12)11-14(3)6-8-15-9-7-14/h12-13,15H,4-11H2,1-3H3. The third kappa shape index (κ3) is 2.98. The van der Waals surface area contributed by atoms with Gasteiger partial charge in [-0.2, -0.15) is 0 Å². The first-order chi connectivity index (χ1) is 7.59. The lowest BCUT2D eigenvalue weighted by atomic mass is 9.79. The van der Waals surface area contributed by atoms with Crippen LogP contribution in [0, 0.1) is 11.3 Å². The van der Waals surface area contributed by atoms with Crippen molar-refractivity contribution >= 4 is 0 Å². The van der Waals surface area contributed by atoms with E-state index >= 15 is 0 Å². The monoisotopic (exact) mass is 224 g/mol. The predicted molar refractivity (Wildman–Crippen MR) is 69.6 cm³/mol. The Bertz CT molecular complexity index is 221. The molecule has 2 nitrogen and oxygen atoms in total. The molecule has 0 aromatic carbocycles. The van der Waals surface area contributed by atoms with Crippen molar-refractivity contribution in [1.82, 2.24) is 10.2 Å². The van der Waals surface area contributed by atoms with Gasteiger partial charge in [0.1, 0.15) is 0 Å². The Hall–Kier alpha value is -0.0800. The Labute approximate surface area is 101 Å². The molecule has 16 heavy (non-hydrogen) atoms. The van der Waals surface area contributed by atoms with Crippen molar-refractivity contribution in [3.8, 4) is 0 Å². The maximum atomic E-state index is 3.48. The van der Waals surface area contributed by atoms with Crippen LogP contribution >= 0.6 is 0 Å². The molecule has 0 saturated carbocycles. The fourth-order valence-electron chi connectivity index (χ4n) is 3.28. The molecule has 2 atom stereocenters. The molecule has 0 spiro atoms. The third-order valence-electron chi connectivity index (χ3n) is 4.64. The molecule has 2 saturated heterocycles. The summed E-state index contributed by atoms with van der Waals surface area (Å²) in [5, 5.41) is 3.48. The first kappa shape index (κ1) is 12.4. The van der Waals surface area contributed by atoms with E-state index in [0.717, 1.165) is 12.0 Å². The Morgan fingerprint density at radius 1 is 1.19 bits per heavy atom. The molecule has 94 valence electrons. The molecule has 0 radical (unpaired) electrons. The van der Waals surface area contributed by atoms with E-state index in [-0.39, 0.29) is 0 Å². The van der Waals surface area contributed by atoms with Crippen molar-refractivity contribution in [1.29, 1.82) is 0 Å². The molecule has 2 fully saturated rings. The molecule has 2 aliphatic heterocycles. The number of nitrogens with one attached hydrogen (secondary N) is 1. The highest BCUT2D eigenvalue weighted by atomic mass is 15.2. The van der Waals surface area contributed by atoms with Crippen LogP contribution in [-0.4, -0.2) is 37.1 Å². The normalized spacial score (nSPS) is 36.2. The fourth-order valence-corrected chi connectivity index (χ4v) is 3.28. The summed E-state index contributed by atoms with van der Waals surface area (Å²) in [6.07, 6.45) is 5.53. The Morgan fingerprint density at radius 2 is 1.88 bits per heavy atom. The van der Waals surface area contributed by atoms with Gasteiger partial charge in [0.25, 0.3) is 0 Å². The van der Waals surface area contributed by atoms with E-state index in [1.165, 1.54) is 51.9 Å². The van der Waals surface area contributed by atoms with Crippen molar-refractivity contribution < 1.29 is 0 Å². The average Bonchev–Trinajstić information content (AvgIpc) is 2.24. The number of hydrogen-bond acceptors (Lipinski definition) is 2. The van der Waals surface area contributed by atoms with Gasteiger partial charge >= 0.3 is 0 Å². The highest BCUT2D eigenvalue weighted by Gasteiger charge is 2.32. The van der Waals surface area contributed by atoms with Gasteiger partial charge < -0.3 is 5.32 Å². The third-order valence-corrected chi connectivity index (χ3v) is 4.64. The van der Waals surface area contributed by atoms with E-state index in [9.17, 15) is 0 Å². The first-order valence-electron chi connectivity index (χ1n) is 7.04. The van der Waals surface area contributed by atoms with Crippen LogP contribution in [-0.2, 0) is 0 Å². The van der Waals surface area contributed by atoms with Crippen LogP contribution < -0.4 is 5.32 Å². The minimum atomic E-state index is 0.566. The van der Waals surface area contributed by atoms with Crippen LogP contribution in [0.4, 0.5) is 0 Å². The zero-order valence-electron chi connectivity index (χ0n) is 11.3. The van der Waals surface area contributed by atoms with Gasteiger partial charge in [-0.3, -0.25) is 4.90 Å². The predicted octanol–water partition coefficient (Wildman–Crippen LogP) is 2.50. The maximum absolute atomic E-state index is 3.48. The fraction of sp³-hybridized carbons (Fsp3) is 1.00. The van der Waals surface area contributed by atoms with Crippen molar-refractivity contribution in [2.45, 2.75) is 52.5 Å². The largest absolute Gasteiger partial charge is 0.317 e. The van der Waals surface area contributed by atoms with Gasteiger partial charge in [0, 0.05) is 19.1 Å². The number of likely N-dealkylation sites (tertiary alicyclic amines) is 1. The van der Waals surface area contributed by atoms with Gasteiger partial charge in [0.2, 0.25) is 0 Å². The van der Waals surface area contributed by atoms with Gasteiger partial charge in [-0.05, 0) is 57.0 Å². The van der Waals surface area contributed by atoms with Gasteiger partial charge in [0.15, 0.2) is 0 Å². The van der Waals surface area contributed by atoms with Gasteiger partial charge in [-0.1, -0.05) is 13.8 Å². The lowest BCUT2D eigenvalue weighted by Gasteiger charge is -2.44. The molecule has 0 aliphatic carbocycles. The summed E-state index contributed by atoms with van der Waals surface area (Å²) in [5.74, 6) is 0.904. The summed E-state index contributed by atoms with van der Waals surface area (Å²) in [6.45, 7) is 12.4. The van der Waals surface area contributed by atoms with Crippen LogP contribution in [0.15, 0.2) is 0 Å². The van der Waals surface area contributed by atoms with Crippen molar-refractivity contribution in [2.24, 2.45) is 11.3 Å². The van der Waals surface area contributed by atoms with E-state index in [1.807, 2.05) is 0 Å². The molecule has 0 amide bonds. The van der Waals surface area contributed by atoms with E-state index in [1.54, 1.807) is 0 Å². The molecule has 0 aromatic heterocycles. The summed E-state index contributed by atoms with van der Waals surface area (Å²) < 4.78 is 0. The highest BCUT2D eigenvalue weighted by Crippen LogP contribution is 2.32. The number of piperidine rings is 2. The summed E-state index contributed by atoms with van der Waals surface area (Å²) in [4.78, 5) is 2.75. The molecule has 2 unspecified atom stereocenters. The lowest BCUT2D eigenvalue weighted by molar-refractivity contribution is 0.0584. The van der Waals surface area contributed by atoms with Crippen molar-refractivity contribution in [3.63, 3.8) is 0 Å². The van der Waals surface area contributed by atoms with Crippen LogP contribution in [0.1, 0.15) is 46.5 Å². The van der Waals surface area contributed by atoms with Crippen LogP contribution in [0.25, 0.3) is 0 Å². The Morgan fingerprint density at radius 3 is 2.56 bits per heavy atom. The molecule has 2 heterocycles. The molecular weight excluding hydrogens is 196 g/mol. The van der Waals surface area contributed by atoms with E-state index < -0.39 is 0 Å². The minimum absolute atomic E-state index is 0.566.